The summed E-state index contributed by atoms with van der Waals surface area (Å²) in [4.78, 5) is 2.44. The molecule has 0 bridgehead atoms. The number of aromatic nitrogens is 3. The minimum atomic E-state index is 0.906. The van der Waals surface area contributed by atoms with Gasteiger partial charge in [0, 0.05) is 15.4 Å². The second kappa shape index (κ2) is 3.71. The molecular weight excluding hydrogens is 242 g/mol. The van der Waals surface area contributed by atoms with Crippen LogP contribution in [0.25, 0.3) is 17.1 Å². The summed E-state index contributed by atoms with van der Waals surface area (Å²) >= 11 is 1.78. The van der Waals surface area contributed by atoms with E-state index in [-0.39, 0.29) is 0 Å². The van der Waals surface area contributed by atoms with E-state index in [4.69, 9.17) is 0 Å². The van der Waals surface area contributed by atoms with E-state index >= 15 is 0 Å². The topological polar surface area (TPSA) is 30.7 Å². The first-order valence-corrected chi connectivity index (χ1v) is 6.52. The van der Waals surface area contributed by atoms with Gasteiger partial charge in [-0.3, -0.25) is 4.57 Å². The van der Waals surface area contributed by atoms with Gasteiger partial charge >= 0.3 is 0 Å². The summed E-state index contributed by atoms with van der Waals surface area (Å²) in [7, 11) is 0. The molecule has 86 valence electrons. The van der Waals surface area contributed by atoms with Crippen molar-refractivity contribution in [2.75, 3.05) is 0 Å². The van der Waals surface area contributed by atoms with Crippen molar-refractivity contribution in [3.8, 4) is 17.1 Å². The lowest BCUT2D eigenvalue weighted by Crippen LogP contribution is -1.95. The Kier molecular flexibility index (Phi) is 2.04. The van der Waals surface area contributed by atoms with E-state index in [0.29, 0.717) is 0 Å². The van der Waals surface area contributed by atoms with E-state index < -0.39 is 0 Å². The molecule has 3 nitrogen and oxygen atoms in total. The van der Waals surface area contributed by atoms with Crippen LogP contribution in [0.3, 0.4) is 0 Å². The monoisotopic (exact) mass is 251 g/mol. The van der Waals surface area contributed by atoms with Crippen molar-refractivity contribution in [1.29, 1.82) is 0 Å². The van der Waals surface area contributed by atoms with Crippen LogP contribution in [0.1, 0.15) is 0 Å². The second-order valence-corrected chi connectivity index (χ2v) is 5.17. The molecule has 0 spiro atoms. The molecule has 0 saturated carbocycles. The summed E-state index contributed by atoms with van der Waals surface area (Å²) in [6.45, 7) is 0. The maximum atomic E-state index is 4.26. The first-order valence-electron chi connectivity index (χ1n) is 5.70. The minimum absolute atomic E-state index is 0.906. The van der Waals surface area contributed by atoms with Crippen LogP contribution in [0.5, 0.6) is 0 Å². The zero-order valence-corrected chi connectivity index (χ0v) is 10.3. The zero-order valence-electron chi connectivity index (χ0n) is 9.45. The fraction of sp³-hybridized carbons (Fsp3) is 0. The Hall–Kier alpha value is -2.07. The van der Waals surface area contributed by atoms with E-state index in [2.05, 4.69) is 46.6 Å². The van der Waals surface area contributed by atoms with Crippen LogP contribution in [-0.4, -0.2) is 14.8 Å². The average Bonchev–Trinajstić information content (AvgIpc) is 2.84. The fourth-order valence-corrected chi connectivity index (χ4v) is 3.27. The SMILES string of the molecule is c1ccc2c(c1)Sc1ccccc1-n1cnnc1-2. The molecule has 1 aromatic heterocycles. The highest BCUT2D eigenvalue weighted by Crippen LogP contribution is 2.41. The van der Waals surface area contributed by atoms with Gasteiger partial charge in [-0.2, -0.15) is 0 Å². The normalized spacial score (nSPS) is 12.2. The Labute approximate surface area is 108 Å². The Balaban J connectivity index is 2.12. The van der Waals surface area contributed by atoms with Gasteiger partial charge in [0.25, 0.3) is 0 Å². The number of benzene rings is 2. The number of rotatable bonds is 0. The molecule has 0 fully saturated rings. The zero-order chi connectivity index (χ0) is 11.9. The molecule has 3 aromatic rings. The van der Waals surface area contributed by atoms with Gasteiger partial charge in [0.2, 0.25) is 0 Å². The van der Waals surface area contributed by atoms with Crippen molar-refractivity contribution in [3.05, 3.63) is 54.9 Å². The summed E-state index contributed by atoms with van der Waals surface area (Å²) in [6.07, 6.45) is 1.77. The number of hydrogen-bond donors (Lipinski definition) is 0. The molecule has 0 amide bonds. The molecule has 4 rings (SSSR count). The Bertz CT molecular complexity index is 673. The number of fused-ring (bicyclic) bond motifs is 5. The highest BCUT2D eigenvalue weighted by molar-refractivity contribution is 7.99. The predicted molar refractivity (Wildman–Crippen MR) is 70.9 cm³/mol. The molecule has 1 aliphatic heterocycles. The predicted octanol–water partition coefficient (Wildman–Crippen LogP) is 3.40. The molecular formula is C14H9N3S. The highest BCUT2D eigenvalue weighted by atomic mass is 32.2. The Morgan fingerprint density at radius 3 is 2.61 bits per heavy atom. The Morgan fingerprint density at radius 2 is 1.67 bits per heavy atom. The van der Waals surface area contributed by atoms with Crippen molar-refractivity contribution < 1.29 is 0 Å². The van der Waals surface area contributed by atoms with Gasteiger partial charge in [0.15, 0.2) is 5.82 Å². The third kappa shape index (κ3) is 1.32. The summed E-state index contributed by atoms with van der Waals surface area (Å²) < 4.78 is 2.05. The summed E-state index contributed by atoms with van der Waals surface area (Å²) in [5.74, 6) is 0.906. The fourth-order valence-electron chi connectivity index (χ4n) is 2.20. The van der Waals surface area contributed by atoms with Gasteiger partial charge in [0.1, 0.15) is 6.33 Å². The molecule has 0 N–H and O–H groups in total. The second-order valence-electron chi connectivity index (χ2n) is 4.09. The minimum Gasteiger partial charge on any atom is -0.280 e. The van der Waals surface area contributed by atoms with Gasteiger partial charge in [-0.1, -0.05) is 42.1 Å². The quantitative estimate of drug-likeness (QED) is 0.480. The van der Waals surface area contributed by atoms with Crippen LogP contribution in [-0.2, 0) is 0 Å². The van der Waals surface area contributed by atoms with Crippen molar-refractivity contribution >= 4 is 11.8 Å². The van der Waals surface area contributed by atoms with Gasteiger partial charge in [-0.25, -0.2) is 0 Å². The van der Waals surface area contributed by atoms with Crippen LogP contribution in [0.2, 0.25) is 0 Å². The Morgan fingerprint density at radius 1 is 0.889 bits per heavy atom. The third-order valence-electron chi connectivity index (χ3n) is 3.02. The standard InChI is InChI=1S/C14H9N3S/c1-3-7-12-10(5-1)14-16-15-9-17(14)11-6-2-4-8-13(11)18-12/h1-9H. The van der Waals surface area contributed by atoms with Crippen molar-refractivity contribution in [1.82, 2.24) is 14.8 Å². The van der Waals surface area contributed by atoms with Gasteiger partial charge in [-0.05, 0) is 18.2 Å². The molecule has 0 unspecified atom stereocenters. The van der Waals surface area contributed by atoms with Crippen LogP contribution in [0.15, 0.2) is 64.6 Å². The molecule has 2 heterocycles. The van der Waals surface area contributed by atoms with Crippen molar-refractivity contribution in [2.45, 2.75) is 9.79 Å². The van der Waals surface area contributed by atoms with E-state index in [0.717, 1.165) is 17.1 Å². The number of nitrogens with zero attached hydrogens (tertiary/aromatic N) is 3. The van der Waals surface area contributed by atoms with Gasteiger partial charge < -0.3 is 0 Å². The van der Waals surface area contributed by atoms with Gasteiger partial charge in [0.05, 0.1) is 5.69 Å². The number of para-hydroxylation sites is 1. The molecule has 0 aliphatic carbocycles. The summed E-state index contributed by atoms with van der Waals surface area (Å²) in [6, 6.07) is 16.6. The van der Waals surface area contributed by atoms with E-state index in [9.17, 15) is 0 Å². The molecule has 2 aromatic carbocycles. The lowest BCUT2D eigenvalue weighted by Gasteiger charge is -2.05. The van der Waals surface area contributed by atoms with E-state index in [1.807, 2.05) is 16.7 Å². The maximum absolute atomic E-state index is 4.26. The smallest absolute Gasteiger partial charge is 0.169 e. The maximum Gasteiger partial charge on any atom is 0.169 e. The largest absolute Gasteiger partial charge is 0.280 e. The summed E-state index contributed by atoms with van der Waals surface area (Å²) in [5, 5.41) is 8.30. The average molecular weight is 251 g/mol. The highest BCUT2D eigenvalue weighted by Gasteiger charge is 2.19. The third-order valence-corrected chi connectivity index (χ3v) is 4.16. The van der Waals surface area contributed by atoms with Gasteiger partial charge in [-0.15, -0.1) is 10.2 Å². The van der Waals surface area contributed by atoms with Crippen LogP contribution in [0, 0.1) is 0 Å². The van der Waals surface area contributed by atoms with Crippen LogP contribution < -0.4 is 0 Å². The van der Waals surface area contributed by atoms with Crippen LogP contribution >= 0.6 is 11.8 Å². The first-order chi connectivity index (χ1) is 8.93. The lowest BCUT2D eigenvalue weighted by molar-refractivity contribution is 1.03. The van der Waals surface area contributed by atoms with Crippen LogP contribution in [0.4, 0.5) is 0 Å². The molecule has 1 aliphatic rings. The van der Waals surface area contributed by atoms with E-state index in [1.54, 1.807) is 18.1 Å². The summed E-state index contributed by atoms with van der Waals surface area (Å²) in [5.41, 5.74) is 2.27. The van der Waals surface area contributed by atoms with Crippen molar-refractivity contribution in [3.63, 3.8) is 0 Å². The molecule has 4 heteroatoms. The lowest BCUT2D eigenvalue weighted by atomic mass is 10.2. The molecule has 0 saturated heterocycles. The van der Waals surface area contributed by atoms with E-state index in [1.165, 1.54) is 9.79 Å². The molecule has 18 heavy (non-hydrogen) atoms. The molecule has 0 radical (unpaired) electrons. The number of hydrogen-bond acceptors (Lipinski definition) is 3. The first kappa shape index (κ1) is 9.91. The molecule has 0 atom stereocenters. The van der Waals surface area contributed by atoms with Crippen molar-refractivity contribution in [2.24, 2.45) is 0 Å².